The van der Waals surface area contributed by atoms with Crippen molar-refractivity contribution in [3.8, 4) is 0 Å². The van der Waals surface area contributed by atoms with Crippen molar-refractivity contribution in [2.75, 3.05) is 7.05 Å². The quantitative estimate of drug-likeness (QED) is 0.762. The molecule has 0 aliphatic rings. The van der Waals surface area contributed by atoms with E-state index in [1.165, 1.54) is 18.4 Å². The molecule has 1 atom stereocenters. The molecule has 1 aromatic rings. The Balaban J connectivity index is 2.72. The third-order valence-electron chi connectivity index (χ3n) is 2.73. The van der Waals surface area contributed by atoms with Crippen LogP contribution in [0.15, 0.2) is 16.8 Å². The van der Waals surface area contributed by atoms with Crippen LogP contribution in [0.3, 0.4) is 0 Å². The third kappa shape index (κ3) is 2.55. The van der Waals surface area contributed by atoms with Crippen LogP contribution in [0.5, 0.6) is 0 Å². The molecule has 1 rings (SSSR count). The van der Waals surface area contributed by atoms with Crippen LogP contribution in [0.25, 0.3) is 0 Å². The second kappa shape index (κ2) is 5.40. The van der Waals surface area contributed by atoms with E-state index in [2.05, 4.69) is 43.0 Å². The van der Waals surface area contributed by atoms with Crippen LogP contribution in [0.1, 0.15) is 38.3 Å². The zero-order chi connectivity index (χ0) is 9.68. The second-order valence-corrected chi connectivity index (χ2v) is 4.18. The molecule has 1 nitrogen and oxygen atoms in total. The lowest BCUT2D eigenvalue weighted by molar-refractivity contribution is 0.360. The van der Waals surface area contributed by atoms with Crippen LogP contribution in [0.2, 0.25) is 0 Å². The van der Waals surface area contributed by atoms with Crippen LogP contribution in [-0.2, 0) is 0 Å². The zero-order valence-corrected chi connectivity index (χ0v) is 9.53. The Morgan fingerprint density at radius 3 is 2.46 bits per heavy atom. The Bertz CT molecular complexity index is 214. The van der Waals surface area contributed by atoms with Gasteiger partial charge in [-0.05, 0) is 35.4 Å². The van der Waals surface area contributed by atoms with E-state index < -0.39 is 0 Å². The van der Waals surface area contributed by atoms with Gasteiger partial charge in [0.2, 0.25) is 0 Å². The third-order valence-corrected chi connectivity index (χ3v) is 3.43. The minimum absolute atomic E-state index is 0.543. The highest BCUT2D eigenvalue weighted by Crippen LogP contribution is 2.28. The maximum absolute atomic E-state index is 3.41. The molecule has 74 valence electrons. The standard InChI is InChI=1S/C11H19NS/c1-4-9(5-2)11(12-3)10-6-7-13-8-10/h6-9,11-12H,4-5H2,1-3H3. The summed E-state index contributed by atoms with van der Waals surface area (Å²) < 4.78 is 0. The lowest BCUT2D eigenvalue weighted by Gasteiger charge is -2.24. The van der Waals surface area contributed by atoms with E-state index >= 15 is 0 Å². The largest absolute Gasteiger partial charge is 0.313 e. The molecule has 0 amide bonds. The highest BCUT2D eigenvalue weighted by Gasteiger charge is 2.18. The molecule has 1 heterocycles. The predicted molar refractivity (Wildman–Crippen MR) is 60.2 cm³/mol. The molecule has 2 heteroatoms. The van der Waals surface area contributed by atoms with Gasteiger partial charge in [0.05, 0.1) is 0 Å². The van der Waals surface area contributed by atoms with Crippen molar-refractivity contribution in [3.05, 3.63) is 22.4 Å². The van der Waals surface area contributed by atoms with Gasteiger partial charge in [-0.25, -0.2) is 0 Å². The Kier molecular flexibility index (Phi) is 4.46. The number of thiophene rings is 1. The predicted octanol–water partition coefficient (Wildman–Crippen LogP) is 3.44. The van der Waals surface area contributed by atoms with Gasteiger partial charge in [0, 0.05) is 6.04 Å². The molecule has 0 aromatic carbocycles. The first kappa shape index (κ1) is 10.7. The molecule has 0 saturated carbocycles. The van der Waals surface area contributed by atoms with Crippen LogP contribution < -0.4 is 5.32 Å². The Morgan fingerprint density at radius 2 is 2.08 bits per heavy atom. The fourth-order valence-corrected chi connectivity index (χ4v) is 2.58. The van der Waals surface area contributed by atoms with Crippen LogP contribution in [-0.4, -0.2) is 7.05 Å². The van der Waals surface area contributed by atoms with Gasteiger partial charge in [-0.15, -0.1) is 0 Å². The smallest absolute Gasteiger partial charge is 0.0354 e. The summed E-state index contributed by atoms with van der Waals surface area (Å²) >= 11 is 1.78. The second-order valence-electron chi connectivity index (χ2n) is 3.40. The summed E-state index contributed by atoms with van der Waals surface area (Å²) in [5, 5.41) is 7.82. The van der Waals surface area contributed by atoms with Crippen LogP contribution in [0.4, 0.5) is 0 Å². The van der Waals surface area contributed by atoms with Crippen molar-refractivity contribution < 1.29 is 0 Å². The van der Waals surface area contributed by atoms with E-state index in [9.17, 15) is 0 Å². The topological polar surface area (TPSA) is 12.0 Å². The van der Waals surface area contributed by atoms with Gasteiger partial charge >= 0.3 is 0 Å². The van der Waals surface area contributed by atoms with Gasteiger partial charge in [-0.2, -0.15) is 11.3 Å². The minimum Gasteiger partial charge on any atom is -0.313 e. The normalized spacial score (nSPS) is 13.5. The van der Waals surface area contributed by atoms with Crippen molar-refractivity contribution in [1.29, 1.82) is 0 Å². The van der Waals surface area contributed by atoms with Gasteiger partial charge in [0.15, 0.2) is 0 Å². The zero-order valence-electron chi connectivity index (χ0n) is 8.71. The number of hydrogen-bond donors (Lipinski definition) is 1. The monoisotopic (exact) mass is 197 g/mol. The molecule has 1 N–H and O–H groups in total. The first-order valence-corrected chi connectivity index (χ1v) is 5.97. The molecule has 0 bridgehead atoms. The number of rotatable bonds is 5. The van der Waals surface area contributed by atoms with Gasteiger partial charge in [0.25, 0.3) is 0 Å². The van der Waals surface area contributed by atoms with E-state index in [1.54, 1.807) is 11.3 Å². The minimum atomic E-state index is 0.543. The molecule has 1 aromatic heterocycles. The Hall–Kier alpha value is -0.340. The van der Waals surface area contributed by atoms with Crippen molar-refractivity contribution in [3.63, 3.8) is 0 Å². The number of hydrogen-bond acceptors (Lipinski definition) is 2. The number of nitrogens with one attached hydrogen (secondary N) is 1. The van der Waals surface area contributed by atoms with Crippen molar-refractivity contribution in [1.82, 2.24) is 5.32 Å². The Labute approximate surface area is 85.2 Å². The van der Waals surface area contributed by atoms with Gasteiger partial charge in [-0.3, -0.25) is 0 Å². The van der Waals surface area contributed by atoms with E-state index in [-0.39, 0.29) is 0 Å². The molecule has 0 aliphatic carbocycles. The van der Waals surface area contributed by atoms with Gasteiger partial charge < -0.3 is 5.32 Å². The summed E-state index contributed by atoms with van der Waals surface area (Å²) in [6.45, 7) is 4.54. The molecule has 0 fully saturated rings. The highest BCUT2D eigenvalue weighted by atomic mass is 32.1. The molecule has 0 saturated heterocycles. The summed E-state index contributed by atoms with van der Waals surface area (Å²) in [5.41, 5.74) is 1.45. The van der Waals surface area contributed by atoms with Gasteiger partial charge in [-0.1, -0.05) is 26.7 Å². The lowest BCUT2D eigenvalue weighted by atomic mass is 9.90. The summed E-state index contributed by atoms with van der Waals surface area (Å²) in [6.07, 6.45) is 2.50. The fraction of sp³-hybridized carbons (Fsp3) is 0.636. The summed E-state index contributed by atoms with van der Waals surface area (Å²) in [4.78, 5) is 0. The summed E-state index contributed by atoms with van der Waals surface area (Å²) in [7, 11) is 2.06. The molecule has 1 unspecified atom stereocenters. The first-order chi connectivity index (χ1) is 6.33. The SMILES string of the molecule is CCC(CC)C(NC)c1ccsc1. The maximum atomic E-state index is 3.41. The van der Waals surface area contributed by atoms with E-state index in [0.29, 0.717) is 6.04 Å². The molecule has 0 radical (unpaired) electrons. The van der Waals surface area contributed by atoms with Crippen molar-refractivity contribution in [2.45, 2.75) is 32.7 Å². The van der Waals surface area contributed by atoms with Gasteiger partial charge in [0.1, 0.15) is 0 Å². The molecule has 0 aliphatic heterocycles. The molecule has 13 heavy (non-hydrogen) atoms. The summed E-state index contributed by atoms with van der Waals surface area (Å²) in [5.74, 6) is 0.764. The summed E-state index contributed by atoms with van der Waals surface area (Å²) in [6, 6.07) is 2.77. The lowest BCUT2D eigenvalue weighted by Crippen LogP contribution is -2.24. The van der Waals surface area contributed by atoms with E-state index in [4.69, 9.17) is 0 Å². The van der Waals surface area contributed by atoms with Crippen LogP contribution in [0, 0.1) is 5.92 Å². The molecular weight excluding hydrogens is 178 g/mol. The van der Waals surface area contributed by atoms with E-state index in [1.807, 2.05) is 0 Å². The Morgan fingerprint density at radius 1 is 1.38 bits per heavy atom. The van der Waals surface area contributed by atoms with Crippen molar-refractivity contribution in [2.24, 2.45) is 5.92 Å². The van der Waals surface area contributed by atoms with Crippen molar-refractivity contribution >= 4 is 11.3 Å². The highest BCUT2D eigenvalue weighted by molar-refractivity contribution is 7.07. The van der Waals surface area contributed by atoms with Crippen LogP contribution >= 0.6 is 11.3 Å². The van der Waals surface area contributed by atoms with E-state index in [0.717, 1.165) is 5.92 Å². The average molecular weight is 197 g/mol. The fourth-order valence-electron chi connectivity index (χ4n) is 1.89. The molecule has 0 spiro atoms. The first-order valence-electron chi connectivity index (χ1n) is 5.02. The average Bonchev–Trinajstić information content (AvgIpc) is 2.66. The molecular formula is C11H19NS. The maximum Gasteiger partial charge on any atom is 0.0354 e.